The molecule has 140 valence electrons. The van der Waals surface area contributed by atoms with E-state index in [1.165, 1.54) is 49.4 Å². The van der Waals surface area contributed by atoms with Crippen LogP contribution in [0.2, 0.25) is 0 Å². The Bertz CT molecular complexity index is 1260. The minimum atomic E-state index is 0.364. The molecule has 0 saturated heterocycles. The molecule has 4 radical (unpaired) electrons. The van der Waals surface area contributed by atoms with E-state index in [1.807, 2.05) is 0 Å². The van der Waals surface area contributed by atoms with Gasteiger partial charge in [0.05, 0.1) is 0 Å². The molecule has 0 bridgehead atoms. The zero-order valence-electron chi connectivity index (χ0n) is 16.6. The van der Waals surface area contributed by atoms with Gasteiger partial charge < -0.3 is 0 Å². The fraction of sp³-hybridized carbons (Fsp3) is 0.103. The standard InChI is InChI=1S/C29H24/c1-4-19(2)17-23-18-27(23)26-16-15-22-10-6-8-12-25(22)29(26)28-20(3)13-14-21-9-5-7-11-24(21)28/h5-16,18-19H,1-4,17H2. The summed E-state index contributed by atoms with van der Waals surface area (Å²) >= 11 is 0. The molecule has 0 fully saturated rings. The van der Waals surface area contributed by atoms with Gasteiger partial charge in [0.1, 0.15) is 0 Å². The molecule has 1 atom stereocenters. The van der Waals surface area contributed by atoms with Crippen molar-refractivity contribution in [3.63, 3.8) is 0 Å². The molecule has 4 aromatic rings. The van der Waals surface area contributed by atoms with Crippen LogP contribution in [0, 0.1) is 33.1 Å². The van der Waals surface area contributed by atoms with Gasteiger partial charge in [0.15, 0.2) is 0 Å². The quantitative estimate of drug-likeness (QED) is 0.334. The molecule has 1 unspecified atom stereocenters. The molecule has 5 rings (SSSR count). The highest BCUT2D eigenvalue weighted by Crippen LogP contribution is 2.49. The molecule has 0 aromatic heterocycles. The summed E-state index contributed by atoms with van der Waals surface area (Å²) in [6.45, 7) is 12.6. The van der Waals surface area contributed by atoms with Crippen molar-refractivity contribution in [2.24, 2.45) is 5.92 Å². The van der Waals surface area contributed by atoms with E-state index < -0.39 is 0 Å². The lowest BCUT2D eigenvalue weighted by Gasteiger charge is -2.17. The van der Waals surface area contributed by atoms with Crippen LogP contribution in [0.1, 0.15) is 24.0 Å². The third-order valence-electron chi connectivity index (χ3n) is 5.98. The SMILES string of the molecule is [CH2]CC([CH2])CC1=C(c2ccc3ccccc3c2-c2c([CH2])ccc3ccccc23)[CH]1. The molecule has 1 aliphatic rings. The van der Waals surface area contributed by atoms with Gasteiger partial charge in [-0.25, -0.2) is 0 Å². The van der Waals surface area contributed by atoms with E-state index in [2.05, 4.69) is 100.0 Å². The van der Waals surface area contributed by atoms with Crippen LogP contribution in [-0.4, -0.2) is 0 Å². The van der Waals surface area contributed by atoms with Crippen LogP contribution in [0.5, 0.6) is 0 Å². The molecule has 0 N–H and O–H groups in total. The number of benzene rings is 4. The fourth-order valence-corrected chi connectivity index (χ4v) is 4.35. The molecule has 0 heteroatoms. The molecule has 0 amide bonds. The van der Waals surface area contributed by atoms with E-state index in [0.717, 1.165) is 18.4 Å². The Morgan fingerprint density at radius 2 is 1.34 bits per heavy atom. The Hall–Kier alpha value is -2.86. The topological polar surface area (TPSA) is 0 Å². The van der Waals surface area contributed by atoms with Gasteiger partial charge in [-0.3, -0.25) is 0 Å². The van der Waals surface area contributed by atoms with Crippen molar-refractivity contribution in [3.05, 3.63) is 117 Å². The molecule has 0 heterocycles. The van der Waals surface area contributed by atoms with Crippen LogP contribution in [0.4, 0.5) is 0 Å². The fourth-order valence-electron chi connectivity index (χ4n) is 4.35. The molecule has 0 saturated carbocycles. The summed E-state index contributed by atoms with van der Waals surface area (Å²) in [5, 5.41) is 5.04. The molecule has 0 spiro atoms. The van der Waals surface area contributed by atoms with Gasteiger partial charge in [-0.2, -0.15) is 0 Å². The van der Waals surface area contributed by atoms with E-state index in [4.69, 9.17) is 0 Å². The second-order valence-electron chi connectivity index (χ2n) is 7.97. The van der Waals surface area contributed by atoms with Gasteiger partial charge in [-0.15, -0.1) is 0 Å². The van der Waals surface area contributed by atoms with E-state index in [1.54, 1.807) is 0 Å². The summed E-state index contributed by atoms with van der Waals surface area (Å²) in [6, 6.07) is 26.1. The summed E-state index contributed by atoms with van der Waals surface area (Å²) in [5.41, 5.74) is 7.68. The normalized spacial score (nSPS) is 14.6. The van der Waals surface area contributed by atoms with Crippen molar-refractivity contribution in [2.75, 3.05) is 0 Å². The van der Waals surface area contributed by atoms with Crippen LogP contribution in [0.3, 0.4) is 0 Å². The molecular formula is C29H24. The van der Waals surface area contributed by atoms with Gasteiger partial charge in [-0.05, 0) is 75.6 Å². The van der Waals surface area contributed by atoms with Crippen molar-refractivity contribution in [3.8, 4) is 11.1 Å². The molecule has 0 aliphatic heterocycles. The maximum Gasteiger partial charge on any atom is 0.0167 e. The average molecular weight is 373 g/mol. The first-order valence-electron chi connectivity index (χ1n) is 10.2. The summed E-state index contributed by atoms with van der Waals surface area (Å²) in [7, 11) is 0. The average Bonchev–Trinajstić information content (AvgIpc) is 3.52. The third-order valence-corrected chi connectivity index (χ3v) is 5.98. The summed E-state index contributed by atoms with van der Waals surface area (Å²) in [4.78, 5) is 0. The lowest BCUT2D eigenvalue weighted by atomic mass is 9.86. The van der Waals surface area contributed by atoms with E-state index >= 15 is 0 Å². The maximum atomic E-state index is 4.41. The second kappa shape index (κ2) is 7.19. The van der Waals surface area contributed by atoms with E-state index in [0.29, 0.717) is 5.92 Å². The minimum Gasteiger partial charge on any atom is -0.0616 e. The number of fused-ring (bicyclic) bond motifs is 2. The second-order valence-corrected chi connectivity index (χ2v) is 7.97. The van der Waals surface area contributed by atoms with Crippen molar-refractivity contribution in [1.82, 2.24) is 0 Å². The lowest BCUT2D eigenvalue weighted by Crippen LogP contribution is -1.92. The maximum absolute atomic E-state index is 4.41. The number of allylic oxidation sites excluding steroid dienone is 2. The highest BCUT2D eigenvalue weighted by Gasteiger charge is 2.28. The van der Waals surface area contributed by atoms with Crippen molar-refractivity contribution >= 4 is 27.1 Å². The predicted octanol–water partition coefficient (Wildman–Crippen LogP) is 7.88. The van der Waals surface area contributed by atoms with Gasteiger partial charge in [0.2, 0.25) is 0 Å². The van der Waals surface area contributed by atoms with E-state index in [-0.39, 0.29) is 0 Å². The predicted molar refractivity (Wildman–Crippen MR) is 126 cm³/mol. The molecule has 0 nitrogen and oxygen atoms in total. The molecule has 29 heavy (non-hydrogen) atoms. The Labute approximate surface area is 173 Å². The van der Waals surface area contributed by atoms with E-state index in [9.17, 15) is 0 Å². The van der Waals surface area contributed by atoms with Crippen LogP contribution in [0.15, 0.2) is 78.4 Å². The van der Waals surface area contributed by atoms with Crippen molar-refractivity contribution < 1.29 is 0 Å². The van der Waals surface area contributed by atoms with Gasteiger partial charge in [0.25, 0.3) is 0 Å². The van der Waals surface area contributed by atoms with Gasteiger partial charge in [-0.1, -0.05) is 91.7 Å². The third kappa shape index (κ3) is 3.17. The minimum absolute atomic E-state index is 0.364. The smallest absolute Gasteiger partial charge is 0.0167 e. The Morgan fingerprint density at radius 1 is 0.724 bits per heavy atom. The largest absolute Gasteiger partial charge is 0.0616 e. The molecular weight excluding hydrogens is 348 g/mol. The van der Waals surface area contributed by atoms with Gasteiger partial charge in [0, 0.05) is 6.42 Å². The highest BCUT2D eigenvalue weighted by atomic mass is 14.3. The first-order chi connectivity index (χ1) is 14.2. The monoisotopic (exact) mass is 372 g/mol. The number of rotatable bonds is 5. The first kappa shape index (κ1) is 18.2. The molecule has 1 aliphatic carbocycles. The summed E-state index contributed by atoms with van der Waals surface area (Å²) < 4.78 is 0. The Morgan fingerprint density at radius 3 is 2.03 bits per heavy atom. The van der Waals surface area contributed by atoms with Crippen molar-refractivity contribution in [2.45, 2.75) is 12.8 Å². The molecule has 4 aromatic carbocycles. The number of hydrogen-bond donors (Lipinski definition) is 0. The van der Waals surface area contributed by atoms with Crippen LogP contribution < -0.4 is 0 Å². The first-order valence-corrected chi connectivity index (χ1v) is 10.2. The highest BCUT2D eigenvalue weighted by molar-refractivity contribution is 6.13. The zero-order valence-corrected chi connectivity index (χ0v) is 16.6. The van der Waals surface area contributed by atoms with Gasteiger partial charge >= 0.3 is 0 Å². The van der Waals surface area contributed by atoms with Crippen LogP contribution in [-0.2, 0) is 0 Å². The van der Waals surface area contributed by atoms with Crippen molar-refractivity contribution in [1.29, 1.82) is 0 Å². The van der Waals surface area contributed by atoms with Crippen LogP contribution >= 0.6 is 0 Å². The summed E-state index contributed by atoms with van der Waals surface area (Å²) in [6.07, 6.45) is 4.18. The summed E-state index contributed by atoms with van der Waals surface area (Å²) in [5.74, 6) is 0.364. The lowest BCUT2D eigenvalue weighted by molar-refractivity contribution is 0.661. The Kier molecular flexibility index (Phi) is 4.51. The van der Waals surface area contributed by atoms with Crippen LogP contribution in [0.25, 0.3) is 38.2 Å². The zero-order chi connectivity index (χ0) is 20.0. The number of hydrogen-bond acceptors (Lipinski definition) is 0. The Balaban J connectivity index is 1.81.